The van der Waals surface area contributed by atoms with Gasteiger partial charge in [0.15, 0.2) is 5.96 Å². The number of anilines is 1. The first-order valence-corrected chi connectivity index (χ1v) is 9.49. The van der Waals surface area contributed by atoms with Crippen LogP contribution in [0.25, 0.3) is 0 Å². The Bertz CT molecular complexity index is 593. The maximum atomic E-state index is 11.2. The summed E-state index contributed by atoms with van der Waals surface area (Å²) in [7, 11) is -1.22. The Balaban J connectivity index is 1.84. The highest BCUT2D eigenvalue weighted by Crippen LogP contribution is 2.15. The normalized spacial score (nSPS) is 16.7. The van der Waals surface area contributed by atoms with Crippen molar-refractivity contribution in [1.82, 2.24) is 10.2 Å². The van der Waals surface area contributed by atoms with E-state index in [-0.39, 0.29) is 5.75 Å². The minimum absolute atomic E-state index is 0.121. The largest absolute Gasteiger partial charge is 0.368 e. The third-order valence-corrected chi connectivity index (χ3v) is 4.61. The van der Waals surface area contributed by atoms with Crippen molar-refractivity contribution in [1.29, 1.82) is 0 Å². The summed E-state index contributed by atoms with van der Waals surface area (Å²) < 4.78 is 22.4. The summed E-state index contributed by atoms with van der Waals surface area (Å²) in [5.41, 5.74) is 1.24. The molecule has 1 saturated heterocycles. The van der Waals surface area contributed by atoms with Crippen molar-refractivity contribution in [3.05, 3.63) is 30.3 Å². The van der Waals surface area contributed by atoms with Crippen LogP contribution in [0.15, 0.2) is 35.3 Å². The standard InChI is InChI=1S/C15H24N4O2S/c1-16-15(17-8-13-22(2,20)21)19-11-9-18(10-12-19)14-6-4-3-5-7-14/h3-7H,8-13H2,1-2H3,(H,16,17). The summed E-state index contributed by atoms with van der Waals surface area (Å²) in [4.78, 5) is 8.76. The van der Waals surface area contributed by atoms with Crippen molar-refractivity contribution in [2.24, 2.45) is 4.99 Å². The fraction of sp³-hybridized carbons (Fsp3) is 0.533. The first-order chi connectivity index (χ1) is 10.5. The molecule has 0 aliphatic carbocycles. The van der Waals surface area contributed by atoms with E-state index in [9.17, 15) is 8.42 Å². The molecule has 1 aromatic carbocycles. The van der Waals surface area contributed by atoms with Crippen LogP contribution in [0.1, 0.15) is 0 Å². The van der Waals surface area contributed by atoms with Crippen LogP contribution >= 0.6 is 0 Å². The average Bonchev–Trinajstić information content (AvgIpc) is 2.52. The Labute approximate surface area is 132 Å². The summed E-state index contributed by atoms with van der Waals surface area (Å²) in [6.45, 7) is 3.98. The molecule has 0 bridgehead atoms. The number of hydrogen-bond donors (Lipinski definition) is 1. The van der Waals surface area contributed by atoms with Gasteiger partial charge in [-0.1, -0.05) is 18.2 Å². The molecule has 0 atom stereocenters. The second-order valence-electron chi connectivity index (χ2n) is 5.41. The topological polar surface area (TPSA) is 65.0 Å². The first kappa shape index (κ1) is 16.6. The van der Waals surface area contributed by atoms with Gasteiger partial charge in [0, 0.05) is 51.7 Å². The molecule has 0 spiro atoms. The number of benzene rings is 1. The maximum absolute atomic E-state index is 11.2. The van der Waals surface area contributed by atoms with Gasteiger partial charge >= 0.3 is 0 Å². The monoisotopic (exact) mass is 324 g/mol. The second-order valence-corrected chi connectivity index (χ2v) is 7.67. The number of nitrogens with zero attached hydrogens (tertiary/aromatic N) is 3. The molecular formula is C15H24N4O2S. The number of sulfone groups is 1. The first-order valence-electron chi connectivity index (χ1n) is 7.43. The fourth-order valence-electron chi connectivity index (χ4n) is 2.50. The van der Waals surface area contributed by atoms with Crippen molar-refractivity contribution in [2.45, 2.75) is 0 Å². The smallest absolute Gasteiger partial charge is 0.193 e. The summed E-state index contributed by atoms with van der Waals surface area (Å²) in [6, 6.07) is 10.4. The average molecular weight is 324 g/mol. The zero-order valence-corrected chi connectivity index (χ0v) is 14.0. The van der Waals surface area contributed by atoms with Gasteiger partial charge < -0.3 is 15.1 Å². The molecule has 2 rings (SSSR count). The molecule has 7 heteroatoms. The molecule has 0 aromatic heterocycles. The van der Waals surface area contributed by atoms with Crippen LogP contribution in [0.4, 0.5) is 5.69 Å². The van der Waals surface area contributed by atoms with Gasteiger partial charge in [0.1, 0.15) is 9.84 Å². The Morgan fingerprint density at radius 1 is 1.18 bits per heavy atom. The summed E-state index contributed by atoms with van der Waals surface area (Å²) >= 11 is 0. The lowest BCUT2D eigenvalue weighted by molar-refractivity contribution is 0.373. The molecule has 0 radical (unpaired) electrons. The molecule has 1 aliphatic rings. The number of hydrogen-bond acceptors (Lipinski definition) is 4. The van der Waals surface area contributed by atoms with E-state index in [4.69, 9.17) is 0 Å². The summed E-state index contributed by atoms with van der Waals surface area (Å²) in [6.07, 6.45) is 1.25. The van der Waals surface area contributed by atoms with Crippen molar-refractivity contribution >= 4 is 21.5 Å². The number of guanidine groups is 1. The highest BCUT2D eigenvalue weighted by Gasteiger charge is 2.19. The third-order valence-electron chi connectivity index (χ3n) is 3.67. The lowest BCUT2D eigenvalue weighted by atomic mass is 10.2. The Morgan fingerprint density at radius 3 is 2.36 bits per heavy atom. The van der Waals surface area contributed by atoms with E-state index in [1.165, 1.54) is 11.9 Å². The molecule has 6 nitrogen and oxygen atoms in total. The molecule has 1 aliphatic heterocycles. The third kappa shape index (κ3) is 4.91. The van der Waals surface area contributed by atoms with E-state index in [0.29, 0.717) is 6.54 Å². The van der Waals surface area contributed by atoms with Crippen molar-refractivity contribution in [3.8, 4) is 0 Å². The maximum Gasteiger partial charge on any atom is 0.193 e. The molecule has 1 fully saturated rings. The van der Waals surface area contributed by atoms with Crippen molar-refractivity contribution in [2.75, 3.05) is 56.7 Å². The van der Waals surface area contributed by atoms with Crippen LogP contribution in [0.3, 0.4) is 0 Å². The van der Waals surface area contributed by atoms with Crippen LogP contribution in [-0.4, -0.2) is 71.1 Å². The van der Waals surface area contributed by atoms with Crippen LogP contribution in [0.2, 0.25) is 0 Å². The number of para-hydroxylation sites is 1. The highest BCUT2D eigenvalue weighted by molar-refractivity contribution is 7.90. The minimum Gasteiger partial charge on any atom is -0.368 e. The van der Waals surface area contributed by atoms with Crippen LogP contribution in [0.5, 0.6) is 0 Å². The minimum atomic E-state index is -2.95. The van der Waals surface area contributed by atoms with Gasteiger partial charge in [-0.25, -0.2) is 8.42 Å². The number of aliphatic imine (C=N–C) groups is 1. The lowest BCUT2D eigenvalue weighted by Gasteiger charge is -2.37. The predicted molar refractivity (Wildman–Crippen MR) is 91.3 cm³/mol. The van der Waals surface area contributed by atoms with Gasteiger partial charge in [-0.15, -0.1) is 0 Å². The van der Waals surface area contributed by atoms with Gasteiger partial charge in [-0.05, 0) is 12.1 Å². The van der Waals surface area contributed by atoms with E-state index in [1.54, 1.807) is 7.05 Å². The van der Waals surface area contributed by atoms with E-state index >= 15 is 0 Å². The Morgan fingerprint density at radius 2 is 1.82 bits per heavy atom. The van der Waals surface area contributed by atoms with Gasteiger partial charge in [0.2, 0.25) is 0 Å². The Kier molecular flexibility index (Phi) is 5.65. The van der Waals surface area contributed by atoms with E-state index < -0.39 is 9.84 Å². The zero-order chi connectivity index (χ0) is 16.0. The summed E-state index contributed by atoms with van der Waals surface area (Å²) in [5, 5.41) is 3.13. The van der Waals surface area contributed by atoms with Gasteiger partial charge in [-0.2, -0.15) is 0 Å². The molecule has 0 unspecified atom stereocenters. The van der Waals surface area contributed by atoms with Gasteiger partial charge in [0.05, 0.1) is 5.75 Å². The molecule has 22 heavy (non-hydrogen) atoms. The Hall–Kier alpha value is -1.76. The quantitative estimate of drug-likeness (QED) is 0.643. The molecular weight excluding hydrogens is 300 g/mol. The van der Waals surface area contributed by atoms with Crippen LogP contribution in [-0.2, 0) is 9.84 Å². The van der Waals surface area contributed by atoms with Gasteiger partial charge in [-0.3, -0.25) is 4.99 Å². The number of rotatable bonds is 4. The van der Waals surface area contributed by atoms with Crippen LogP contribution in [0, 0.1) is 0 Å². The highest BCUT2D eigenvalue weighted by atomic mass is 32.2. The van der Waals surface area contributed by atoms with Crippen LogP contribution < -0.4 is 10.2 Å². The van der Waals surface area contributed by atoms with Crippen molar-refractivity contribution < 1.29 is 8.42 Å². The summed E-state index contributed by atoms with van der Waals surface area (Å²) in [5.74, 6) is 0.895. The van der Waals surface area contributed by atoms with E-state index in [2.05, 4.69) is 32.2 Å². The molecule has 122 valence electrons. The van der Waals surface area contributed by atoms with Crippen molar-refractivity contribution in [3.63, 3.8) is 0 Å². The number of piperazine rings is 1. The lowest BCUT2D eigenvalue weighted by Crippen LogP contribution is -2.53. The second kappa shape index (κ2) is 7.49. The van der Waals surface area contributed by atoms with E-state index in [0.717, 1.165) is 32.1 Å². The zero-order valence-electron chi connectivity index (χ0n) is 13.2. The number of nitrogens with one attached hydrogen (secondary N) is 1. The molecule has 1 aromatic rings. The molecule has 0 amide bonds. The fourth-order valence-corrected chi connectivity index (χ4v) is 2.97. The molecule has 1 N–H and O–H groups in total. The van der Waals surface area contributed by atoms with E-state index in [1.807, 2.05) is 18.2 Å². The SMILES string of the molecule is CN=C(NCCS(C)(=O)=O)N1CCN(c2ccccc2)CC1. The molecule has 0 saturated carbocycles. The molecule has 1 heterocycles. The van der Waals surface area contributed by atoms with Gasteiger partial charge in [0.25, 0.3) is 0 Å². The predicted octanol–water partition coefficient (Wildman–Crippen LogP) is 0.429.